The summed E-state index contributed by atoms with van der Waals surface area (Å²) >= 11 is 0. The molecule has 4 saturated carbocycles. The van der Waals surface area contributed by atoms with Crippen LogP contribution in [-0.4, -0.2) is 108 Å². The van der Waals surface area contributed by atoms with Crippen molar-refractivity contribution < 1.29 is 49.3 Å². The number of rotatable bonds is 4. The SMILES string of the molecule is C[C@H]1CC[C@@H]2N(C1)C[C@@H]1[C@](O)([C@@H](OC(=O)c3ccccc3)C[C@@]3(O)[C@@H]4CC[C@@H]5[C@]6(O)O[C@@]4(C[C@@]13O)[C@@]5(C)CC[C@H]6OC(=O)c1ccccc1)[C@]2(C)O. The molecular formula is C41H51NO10. The average Bonchev–Trinajstić information content (AvgIpc) is 3.29. The van der Waals surface area contributed by atoms with Crippen LogP contribution in [0.2, 0.25) is 0 Å². The minimum absolute atomic E-state index is 0.119. The summed E-state index contributed by atoms with van der Waals surface area (Å²) in [5.41, 5.74) is -9.33. The number of hydrogen-bond donors (Lipinski definition) is 5. The van der Waals surface area contributed by atoms with Crippen molar-refractivity contribution in [2.75, 3.05) is 13.1 Å². The Kier molecular flexibility index (Phi) is 7.43. The maximum atomic E-state index is 13.8. The molecule has 4 bridgehead atoms. The predicted octanol–water partition coefficient (Wildman–Crippen LogP) is 3.20. The van der Waals surface area contributed by atoms with Gasteiger partial charge in [0.2, 0.25) is 5.79 Å². The van der Waals surface area contributed by atoms with Gasteiger partial charge in [-0.25, -0.2) is 9.59 Å². The average molecular weight is 718 g/mol. The van der Waals surface area contributed by atoms with E-state index in [4.69, 9.17) is 14.2 Å². The summed E-state index contributed by atoms with van der Waals surface area (Å²) in [5.74, 6) is -5.18. The zero-order valence-electron chi connectivity index (χ0n) is 30.1. The van der Waals surface area contributed by atoms with E-state index in [1.54, 1.807) is 67.6 Å². The molecule has 3 heterocycles. The highest BCUT2D eigenvalue weighted by atomic mass is 16.7. The van der Waals surface area contributed by atoms with E-state index in [0.29, 0.717) is 50.1 Å². The Labute approximate surface area is 303 Å². The number of nitrogens with zero attached hydrogens (tertiary/aromatic N) is 1. The monoisotopic (exact) mass is 717 g/mol. The van der Waals surface area contributed by atoms with Gasteiger partial charge in [-0.2, -0.15) is 0 Å². The second kappa shape index (κ2) is 11.1. The summed E-state index contributed by atoms with van der Waals surface area (Å²) in [5, 5.41) is 65.0. The fourth-order valence-corrected chi connectivity index (χ4v) is 13.1. The second-order valence-electron chi connectivity index (χ2n) is 17.8. The van der Waals surface area contributed by atoms with Crippen LogP contribution in [-0.2, 0) is 14.2 Å². The molecule has 1 spiro atoms. The number of carbonyl (C=O) groups excluding carboxylic acids is 2. The molecule has 0 unspecified atom stereocenters. The van der Waals surface area contributed by atoms with Gasteiger partial charge in [-0.15, -0.1) is 0 Å². The molecule has 7 aliphatic rings. The van der Waals surface area contributed by atoms with Crippen LogP contribution in [0.4, 0.5) is 0 Å². The zero-order chi connectivity index (χ0) is 36.7. The summed E-state index contributed by atoms with van der Waals surface area (Å²) < 4.78 is 19.2. The highest BCUT2D eigenvalue weighted by Crippen LogP contribution is 2.78. The van der Waals surface area contributed by atoms with Crippen LogP contribution in [0.1, 0.15) is 92.9 Å². The molecule has 3 aliphatic heterocycles. The van der Waals surface area contributed by atoms with Crippen LogP contribution in [0.15, 0.2) is 60.7 Å². The highest BCUT2D eigenvalue weighted by molar-refractivity contribution is 5.90. The summed E-state index contributed by atoms with van der Waals surface area (Å²) in [6.07, 6.45) is 0.268. The molecule has 4 aliphatic carbocycles. The molecule has 11 heteroatoms. The smallest absolute Gasteiger partial charge is 0.338 e. The van der Waals surface area contributed by atoms with Gasteiger partial charge in [0.25, 0.3) is 0 Å². The first kappa shape index (κ1) is 34.8. The lowest BCUT2D eigenvalue weighted by atomic mass is 9.48. The Morgan fingerprint density at radius 2 is 1.33 bits per heavy atom. The van der Waals surface area contributed by atoms with Crippen LogP contribution in [0.3, 0.4) is 0 Å². The molecule has 14 atom stereocenters. The molecule has 2 aromatic carbocycles. The predicted molar refractivity (Wildman–Crippen MR) is 186 cm³/mol. The van der Waals surface area contributed by atoms with Crippen molar-refractivity contribution >= 4 is 11.9 Å². The minimum Gasteiger partial charge on any atom is -0.455 e. The Morgan fingerprint density at radius 1 is 0.731 bits per heavy atom. The van der Waals surface area contributed by atoms with E-state index < -0.39 is 87.1 Å². The number of piperidine rings is 2. The number of ether oxygens (including phenoxy) is 3. The van der Waals surface area contributed by atoms with Gasteiger partial charge in [-0.3, -0.25) is 4.90 Å². The molecule has 9 rings (SSSR count). The van der Waals surface area contributed by atoms with Crippen LogP contribution in [0, 0.1) is 29.1 Å². The van der Waals surface area contributed by atoms with Gasteiger partial charge in [-0.1, -0.05) is 50.2 Å². The second-order valence-corrected chi connectivity index (χ2v) is 17.8. The first-order valence-corrected chi connectivity index (χ1v) is 19.1. The molecule has 5 N–H and O–H groups in total. The first-order chi connectivity index (χ1) is 24.5. The summed E-state index contributed by atoms with van der Waals surface area (Å²) in [6.45, 7) is 6.55. The third kappa shape index (κ3) is 4.16. The Hall–Kier alpha value is -2.90. The number of carbonyl (C=O) groups is 2. The Morgan fingerprint density at radius 3 is 1.96 bits per heavy atom. The lowest BCUT2D eigenvalue weighted by Crippen LogP contribution is -2.85. The molecular weight excluding hydrogens is 666 g/mol. The van der Waals surface area contributed by atoms with Crippen molar-refractivity contribution in [3.8, 4) is 0 Å². The molecule has 3 saturated heterocycles. The van der Waals surface area contributed by atoms with E-state index in [1.165, 1.54) is 0 Å². The number of aliphatic hydroxyl groups is 5. The van der Waals surface area contributed by atoms with Crippen molar-refractivity contribution in [3.63, 3.8) is 0 Å². The molecule has 2 aromatic rings. The third-order valence-electron chi connectivity index (χ3n) is 15.5. The van der Waals surface area contributed by atoms with Crippen molar-refractivity contribution in [2.45, 2.75) is 124 Å². The maximum absolute atomic E-state index is 13.8. The Balaban J connectivity index is 1.14. The fourth-order valence-electron chi connectivity index (χ4n) is 13.1. The Bertz CT molecular complexity index is 1770. The van der Waals surface area contributed by atoms with E-state index in [0.717, 1.165) is 6.42 Å². The van der Waals surface area contributed by atoms with Crippen molar-refractivity contribution in [1.82, 2.24) is 4.90 Å². The lowest BCUT2D eigenvalue weighted by Gasteiger charge is -2.68. The summed E-state index contributed by atoms with van der Waals surface area (Å²) in [7, 11) is 0. The van der Waals surface area contributed by atoms with Crippen LogP contribution in [0.25, 0.3) is 0 Å². The van der Waals surface area contributed by atoms with Gasteiger partial charge in [0, 0.05) is 55.1 Å². The first-order valence-electron chi connectivity index (χ1n) is 19.1. The molecule has 0 amide bonds. The molecule has 280 valence electrons. The van der Waals surface area contributed by atoms with E-state index in [9.17, 15) is 35.1 Å². The van der Waals surface area contributed by atoms with Crippen LogP contribution < -0.4 is 0 Å². The standard InChI is InChI=1S/C41H51NO10/c1-24-14-17-30-36(3,45)40(48)29(22-42(30)21-24)38(47)23-39-28(37(38,46)20-32(40)51-34(44)26-12-8-5-9-13-26)16-15-27-35(39,2)19-18-31(41(27,49)52-39)50-33(43)25-10-6-4-7-11-25/h4-13,24,27-32,45-49H,14-23H2,1-3H3/t24-,27-,28-,29-,30-,31+,32-,35-,36+,37+,38+,39+,40-,41-/m0/s1. The number of hydrogen-bond acceptors (Lipinski definition) is 11. The summed E-state index contributed by atoms with van der Waals surface area (Å²) in [4.78, 5) is 29.2. The fraction of sp³-hybridized carbons (Fsp3) is 0.659. The number of fused-ring (bicyclic) bond motifs is 5. The van der Waals surface area contributed by atoms with Crippen molar-refractivity contribution in [1.29, 1.82) is 0 Å². The van der Waals surface area contributed by atoms with Gasteiger partial charge in [0.05, 0.1) is 16.7 Å². The molecule has 11 nitrogen and oxygen atoms in total. The highest BCUT2D eigenvalue weighted by Gasteiger charge is 2.89. The topological polar surface area (TPSA) is 166 Å². The molecule has 0 aromatic heterocycles. The van der Waals surface area contributed by atoms with Crippen molar-refractivity contribution in [3.05, 3.63) is 71.8 Å². The molecule has 0 radical (unpaired) electrons. The summed E-state index contributed by atoms with van der Waals surface area (Å²) in [6, 6.07) is 16.6. The van der Waals surface area contributed by atoms with Crippen molar-refractivity contribution in [2.24, 2.45) is 29.1 Å². The van der Waals surface area contributed by atoms with E-state index in [-0.39, 0.29) is 24.9 Å². The third-order valence-corrected chi connectivity index (χ3v) is 15.5. The van der Waals surface area contributed by atoms with Gasteiger partial charge < -0.3 is 39.7 Å². The lowest BCUT2D eigenvalue weighted by molar-refractivity contribution is -0.353. The van der Waals surface area contributed by atoms with Gasteiger partial charge in [0.15, 0.2) is 6.10 Å². The van der Waals surface area contributed by atoms with E-state index >= 15 is 0 Å². The van der Waals surface area contributed by atoms with E-state index in [1.807, 2.05) is 6.92 Å². The van der Waals surface area contributed by atoms with Gasteiger partial charge >= 0.3 is 11.9 Å². The van der Waals surface area contributed by atoms with Gasteiger partial charge in [0.1, 0.15) is 28.5 Å². The largest absolute Gasteiger partial charge is 0.455 e. The normalized spacial score (nSPS) is 50.3. The molecule has 7 fully saturated rings. The minimum atomic E-state index is -2.15. The number of esters is 2. The zero-order valence-corrected chi connectivity index (χ0v) is 30.1. The van der Waals surface area contributed by atoms with Gasteiger partial charge in [-0.05, 0) is 75.6 Å². The number of benzene rings is 2. The maximum Gasteiger partial charge on any atom is 0.338 e. The quantitative estimate of drug-likeness (QED) is 0.295. The molecule has 52 heavy (non-hydrogen) atoms. The van der Waals surface area contributed by atoms with Crippen LogP contribution in [0.5, 0.6) is 0 Å². The van der Waals surface area contributed by atoms with E-state index in [2.05, 4.69) is 11.8 Å². The van der Waals surface area contributed by atoms with Crippen LogP contribution >= 0.6 is 0 Å².